The van der Waals surface area contributed by atoms with Crippen LogP contribution in [0.4, 0.5) is 5.69 Å². The van der Waals surface area contributed by atoms with E-state index < -0.39 is 0 Å². The summed E-state index contributed by atoms with van der Waals surface area (Å²) in [7, 11) is 2.06. The number of carbonyl (C=O) groups is 2. The molecule has 0 bridgehead atoms. The van der Waals surface area contributed by atoms with Gasteiger partial charge in [0.2, 0.25) is 5.91 Å². The summed E-state index contributed by atoms with van der Waals surface area (Å²) in [4.78, 5) is 28.7. The predicted molar refractivity (Wildman–Crippen MR) is 109 cm³/mol. The molecule has 2 aromatic rings. The topological polar surface area (TPSA) is 52.6 Å². The van der Waals surface area contributed by atoms with E-state index in [4.69, 9.17) is 11.6 Å². The molecular formula is C21H22ClN3O2. The smallest absolute Gasteiger partial charge is 0.253 e. The SMILES string of the molecule is CN1CCN(C(=O)c2ccc(NC(=O)/C=C/c3ccccc3Cl)cc2)CC1. The molecule has 5 nitrogen and oxygen atoms in total. The summed E-state index contributed by atoms with van der Waals surface area (Å²) in [5, 5.41) is 3.37. The summed E-state index contributed by atoms with van der Waals surface area (Å²) in [6.45, 7) is 3.25. The molecule has 3 rings (SSSR count). The van der Waals surface area contributed by atoms with Crippen molar-refractivity contribution in [3.8, 4) is 0 Å². The molecule has 1 fully saturated rings. The second-order valence-corrected chi connectivity index (χ2v) is 6.92. The summed E-state index contributed by atoms with van der Waals surface area (Å²) in [5.41, 5.74) is 2.05. The fourth-order valence-corrected chi connectivity index (χ4v) is 3.05. The standard InChI is InChI=1S/C21H22ClN3O2/c1-24-12-14-25(15-13-24)21(27)17-6-9-18(10-7-17)23-20(26)11-8-16-4-2-3-5-19(16)22/h2-11H,12-15H2,1H3,(H,23,26)/b11-8+. The van der Waals surface area contributed by atoms with Gasteiger partial charge in [0, 0.05) is 48.5 Å². The number of halogens is 1. The quantitative estimate of drug-likeness (QED) is 0.823. The molecular weight excluding hydrogens is 362 g/mol. The van der Waals surface area contributed by atoms with Crippen molar-refractivity contribution in [2.45, 2.75) is 0 Å². The van der Waals surface area contributed by atoms with Gasteiger partial charge in [0.25, 0.3) is 5.91 Å². The van der Waals surface area contributed by atoms with Crippen molar-refractivity contribution in [3.05, 3.63) is 70.8 Å². The zero-order chi connectivity index (χ0) is 19.2. The van der Waals surface area contributed by atoms with Gasteiger partial charge in [-0.2, -0.15) is 0 Å². The Hall–Kier alpha value is -2.63. The molecule has 1 heterocycles. The minimum Gasteiger partial charge on any atom is -0.336 e. The lowest BCUT2D eigenvalue weighted by atomic mass is 10.1. The second-order valence-electron chi connectivity index (χ2n) is 6.52. The zero-order valence-corrected chi connectivity index (χ0v) is 15.9. The molecule has 2 amide bonds. The Morgan fingerprint density at radius 3 is 2.33 bits per heavy atom. The maximum absolute atomic E-state index is 12.5. The van der Waals surface area contributed by atoms with E-state index in [1.807, 2.05) is 23.1 Å². The largest absolute Gasteiger partial charge is 0.336 e. The lowest BCUT2D eigenvalue weighted by molar-refractivity contribution is -0.111. The highest BCUT2D eigenvalue weighted by atomic mass is 35.5. The number of benzene rings is 2. The number of hydrogen-bond acceptors (Lipinski definition) is 3. The molecule has 1 aliphatic rings. The van der Waals surface area contributed by atoms with E-state index in [0.717, 1.165) is 31.7 Å². The van der Waals surface area contributed by atoms with Crippen LogP contribution in [0.3, 0.4) is 0 Å². The van der Waals surface area contributed by atoms with Crippen LogP contribution in [-0.2, 0) is 4.79 Å². The first-order valence-corrected chi connectivity index (χ1v) is 9.22. The van der Waals surface area contributed by atoms with Gasteiger partial charge in [-0.25, -0.2) is 0 Å². The summed E-state index contributed by atoms with van der Waals surface area (Å²) in [6, 6.07) is 14.3. The number of piperazine rings is 1. The number of rotatable bonds is 4. The van der Waals surface area contributed by atoms with Crippen molar-refractivity contribution in [1.82, 2.24) is 9.80 Å². The van der Waals surface area contributed by atoms with Gasteiger partial charge in [0.1, 0.15) is 0 Å². The minimum atomic E-state index is -0.256. The van der Waals surface area contributed by atoms with Crippen molar-refractivity contribution in [1.29, 1.82) is 0 Å². The second kappa shape index (κ2) is 8.84. The van der Waals surface area contributed by atoms with E-state index in [0.29, 0.717) is 16.3 Å². The Bertz CT molecular complexity index is 841. The summed E-state index contributed by atoms with van der Waals surface area (Å²) < 4.78 is 0. The Morgan fingerprint density at radius 1 is 1.00 bits per heavy atom. The van der Waals surface area contributed by atoms with Gasteiger partial charge in [-0.15, -0.1) is 0 Å². The van der Waals surface area contributed by atoms with Gasteiger partial charge in [0.15, 0.2) is 0 Å². The van der Waals surface area contributed by atoms with E-state index in [1.54, 1.807) is 36.4 Å². The van der Waals surface area contributed by atoms with Crippen LogP contribution >= 0.6 is 11.6 Å². The lowest BCUT2D eigenvalue weighted by Gasteiger charge is -2.32. The summed E-state index contributed by atoms with van der Waals surface area (Å²) >= 11 is 6.07. The number of nitrogens with one attached hydrogen (secondary N) is 1. The van der Waals surface area contributed by atoms with Gasteiger partial charge in [-0.1, -0.05) is 29.8 Å². The van der Waals surface area contributed by atoms with Crippen LogP contribution in [0.5, 0.6) is 0 Å². The maximum Gasteiger partial charge on any atom is 0.253 e. The van der Waals surface area contributed by atoms with E-state index in [1.165, 1.54) is 6.08 Å². The van der Waals surface area contributed by atoms with Crippen molar-refractivity contribution >= 4 is 35.2 Å². The highest BCUT2D eigenvalue weighted by molar-refractivity contribution is 6.32. The molecule has 1 aliphatic heterocycles. The van der Waals surface area contributed by atoms with Crippen molar-refractivity contribution in [2.24, 2.45) is 0 Å². The molecule has 140 valence electrons. The fraction of sp³-hybridized carbons (Fsp3) is 0.238. The predicted octanol–water partition coefficient (Wildman–Crippen LogP) is 3.38. The molecule has 0 unspecified atom stereocenters. The third-order valence-electron chi connectivity index (χ3n) is 4.51. The molecule has 0 aromatic heterocycles. The Morgan fingerprint density at radius 2 is 1.67 bits per heavy atom. The monoisotopic (exact) mass is 383 g/mol. The van der Waals surface area contributed by atoms with Crippen LogP contribution in [0.1, 0.15) is 15.9 Å². The molecule has 1 N–H and O–H groups in total. The average Bonchev–Trinajstić information content (AvgIpc) is 2.68. The van der Waals surface area contributed by atoms with Crippen molar-refractivity contribution in [3.63, 3.8) is 0 Å². The highest BCUT2D eigenvalue weighted by Crippen LogP contribution is 2.17. The summed E-state index contributed by atoms with van der Waals surface area (Å²) in [5.74, 6) is -0.229. The van der Waals surface area contributed by atoms with E-state index in [9.17, 15) is 9.59 Å². The molecule has 27 heavy (non-hydrogen) atoms. The third-order valence-corrected chi connectivity index (χ3v) is 4.85. The van der Waals surface area contributed by atoms with Crippen LogP contribution in [-0.4, -0.2) is 54.8 Å². The molecule has 0 atom stereocenters. The first kappa shape index (κ1) is 19.1. The van der Waals surface area contributed by atoms with E-state index >= 15 is 0 Å². The van der Waals surface area contributed by atoms with Gasteiger partial charge in [-0.05, 0) is 49.0 Å². The zero-order valence-electron chi connectivity index (χ0n) is 15.2. The molecule has 0 radical (unpaired) electrons. The van der Waals surface area contributed by atoms with Crippen LogP contribution in [0.2, 0.25) is 5.02 Å². The number of hydrogen-bond donors (Lipinski definition) is 1. The van der Waals surface area contributed by atoms with Crippen LogP contribution in [0.15, 0.2) is 54.6 Å². The maximum atomic E-state index is 12.5. The van der Waals surface area contributed by atoms with Gasteiger partial charge >= 0.3 is 0 Å². The molecule has 0 saturated carbocycles. The van der Waals surface area contributed by atoms with Crippen LogP contribution in [0.25, 0.3) is 6.08 Å². The average molecular weight is 384 g/mol. The van der Waals surface area contributed by atoms with Crippen LogP contribution < -0.4 is 5.32 Å². The summed E-state index contributed by atoms with van der Waals surface area (Å²) in [6.07, 6.45) is 3.10. The third kappa shape index (κ3) is 5.18. The Balaban J connectivity index is 1.58. The molecule has 1 saturated heterocycles. The van der Waals surface area contributed by atoms with Gasteiger partial charge in [0.05, 0.1) is 0 Å². The molecule has 6 heteroatoms. The lowest BCUT2D eigenvalue weighted by Crippen LogP contribution is -2.47. The first-order valence-electron chi connectivity index (χ1n) is 8.84. The number of amides is 2. The molecule has 2 aromatic carbocycles. The van der Waals surface area contributed by atoms with E-state index in [2.05, 4.69) is 17.3 Å². The van der Waals surface area contributed by atoms with E-state index in [-0.39, 0.29) is 11.8 Å². The Kier molecular flexibility index (Phi) is 6.27. The van der Waals surface area contributed by atoms with Crippen molar-refractivity contribution in [2.75, 3.05) is 38.5 Å². The normalized spacial score (nSPS) is 15.1. The van der Waals surface area contributed by atoms with Crippen LogP contribution in [0, 0.1) is 0 Å². The van der Waals surface area contributed by atoms with Crippen molar-refractivity contribution < 1.29 is 9.59 Å². The number of carbonyl (C=O) groups excluding carboxylic acids is 2. The fourth-order valence-electron chi connectivity index (χ4n) is 2.85. The minimum absolute atomic E-state index is 0.0274. The number of likely N-dealkylation sites (N-methyl/N-ethyl adjacent to an activating group) is 1. The first-order chi connectivity index (χ1) is 13.0. The highest BCUT2D eigenvalue weighted by Gasteiger charge is 2.20. The molecule has 0 spiro atoms. The van der Waals surface area contributed by atoms with Gasteiger partial charge < -0.3 is 15.1 Å². The number of anilines is 1. The Labute approximate surface area is 164 Å². The molecule has 0 aliphatic carbocycles. The number of nitrogens with zero attached hydrogens (tertiary/aromatic N) is 2. The van der Waals surface area contributed by atoms with Gasteiger partial charge in [-0.3, -0.25) is 9.59 Å².